The highest BCUT2D eigenvalue weighted by atomic mass is 35.5. The van der Waals surface area contributed by atoms with E-state index in [2.05, 4.69) is 20.2 Å². The van der Waals surface area contributed by atoms with E-state index in [1.165, 1.54) is 0 Å². The van der Waals surface area contributed by atoms with Crippen molar-refractivity contribution < 1.29 is 4.79 Å². The Bertz CT molecular complexity index is 651. The molecule has 2 heterocycles. The standard InChI is InChI=1S/C18H23N5O.2ClH/c19-16(14-4-2-1-3-5-14)12-22-18(24)15-6-10-23(11-7-15)17-13-20-8-9-21-17;;/h1-5,8-9,13,15-16H,6-7,10-12,19H2,(H,22,24);2*1H. The first-order valence-electron chi connectivity index (χ1n) is 8.33. The highest BCUT2D eigenvalue weighted by molar-refractivity contribution is 5.85. The highest BCUT2D eigenvalue weighted by Crippen LogP contribution is 2.21. The minimum Gasteiger partial charge on any atom is -0.355 e. The van der Waals surface area contributed by atoms with Gasteiger partial charge in [0.05, 0.1) is 6.20 Å². The van der Waals surface area contributed by atoms with Gasteiger partial charge in [-0.25, -0.2) is 4.98 Å². The number of nitrogens with one attached hydrogen (secondary N) is 1. The average molecular weight is 398 g/mol. The van der Waals surface area contributed by atoms with E-state index in [4.69, 9.17) is 5.73 Å². The minimum absolute atomic E-state index is 0. The molecular weight excluding hydrogens is 373 g/mol. The number of rotatable bonds is 5. The summed E-state index contributed by atoms with van der Waals surface area (Å²) in [4.78, 5) is 22.9. The maximum absolute atomic E-state index is 12.4. The molecule has 0 spiro atoms. The molecular formula is C18H25Cl2N5O. The summed E-state index contributed by atoms with van der Waals surface area (Å²) in [5.41, 5.74) is 7.17. The number of hydrogen-bond acceptors (Lipinski definition) is 5. The summed E-state index contributed by atoms with van der Waals surface area (Å²) in [6.07, 6.45) is 6.77. The van der Waals surface area contributed by atoms with Gasteiger partial charge in [0.1, 0.15) is 5.82 Å². The van der Waals surface area contributed by atoms with Gasteiger partial charge in [0.25, 0.3) is 0 Å². The molecule has 1 atom stereocenters. The zero-order valence-corrected chi connectivity index (χ0v) is 16.1. The third kappa shape index (κ3) is 5.83. The molecule has 2 aromatic rings. The van der Waals surface area contributed by atoms with E-state index in [9.17, 15) is 4.79 Å². The Balaban J connectivity index is 0.00000169. The van der Waals surface area contributed by atoms with E-state index in [1.807, 2.05) is 30.3 Å². The predicted molar refractivity (Wildman–Crippen MR) is 108 cm³/mol. The lowest BCUT2D eigenvalue weighted by molar-refractivity contribution is -0.125. The van der Waals surface area contributed by atoms with Gasteiger partial charge >= 0.3 is 0 Å². The minimum atomic E-state index is -0.171. The number of amides is 1. The molecule has 3 rings (SSSR count). The zero-order valence-electron chi connectivity index (χ0n) is 14.5. The molecule has 0 radical (unpaired) electrons. The van der Waals surface area contributed by atoms with E-state index < -0.39 is 0 Å². The van der Waals surface area contributed by atoms with Crippen LogP contribution in [0.15, 0.2) is 48.9 Å². The molecule has 1 aliphatic heterocycles. The van der Waals surface area contributed by atoms with E-state index in [0.29, 0.717) is 6.54 Å². The Kier molecular flexibility index (Phi) is 9.34. The van der Waals surface area contributed by atoms with E-state index in [-0.39, 0.29) is 42.7 Å². The number of benzene rings is 1. The van der Waals surface area contributed by atoms with Crippen LogP contribution in [0.2, 0.25) is 0 Å². The summed E-state index contributed by atoms with van der Waals surface area (Å²) < 4.78 is 0. The highest BCUT2D eigenvalue weighted by Gasteiger charge is 2.25. The largest absolute Gasteiger partial charge is 0.355 e. The zero-order chi connectivity index (χ0) is 16.8. The fourth-order valence-corrected chi connectivity index (χ4v) is 3.00. The molecule has 6 nitrogen and oxygen atoms in total. The van der Waals surface area contributed by atoms with Gasteiger partial charge in [0.15, 0.2) is 0 Å². The van der Waals surface area contributed by atoms with Crippen molar-refractivity contribution in [1.29, 1.82) is 0 Å². The van der Waals surface area contributed by atoms with Crippen molar-refractivity contribution in [2.75, 3.05) is 24.5 Å². The molecule has 1 aromatic heterocycles. The van der Waals surface area contributed by atoms with Crippen LogP contribution in [0.1, 0.15) is 24.4 Å². The van der Waals surface area contributed by atoms with Gasteiger partial charge in [0.2, 0.25) is 5.91 Å². The summed E-state index contributed by atoms with van der Waals surface area (Å²) in [5.74, 6) is 1.02. The van der Waals surface area contributed by atoms with Crippen molar-refractivity contribution in [2.45, 2.75) is 18.9 Å². The molecule has 0 bridgehead atoms. The first-order chi connectivity index (χ1) is 11.7. The fraction of sp³-hybridized carbons (Fsp3) is 0.389. The predicted octanol–water partition coefficient (Wildman–Crippen LogP) is 2.35. The Hall–Kier alpha value is -1.89. The van der Waals surface area contributed by atoms with Crippen LogP contribution in [-0.4, -0.2) is 35.5 Å². The van der Waals surface area contributed by atoms with Gasteiger partial charge in [-0.15, -0.1) is 24.8 Å². The van der Waals surface area contributed by atoms with Gasteiger partial charge in [-0.2, -0.15) is 0 Å². The summed E-state index contributed by atoms with van der Waals surface area (Å²) in [5, 5.41) is 2.99. The van der Waals surface area contributed by atoms with Gasteiger partial charge < -0.3 is 16.0 Å². The number of nitrogens with two attached hydrogens (primary N) is 1. The van der Waals surface area contributed by atoms with Crippen LogP contribution in [0, 0.1) is 5.92 Å². The average Bonchev–Trinajstić information content (AvgIpc) is 2.67. The maximum atomic E-state index is 12.4. The Morgan fingerprint density at radius 1 is 1.19 bits per heavy atom. The first kappa shape index (κ1) is 22.2. The molecule has 8 heteroatoms. The van der Waals surface area contributed by atoms with E-state index >= 15 is 0 Å². The topological polar surface area (TPSA) is 84.1 Å². The monoisotopic (exact) mass is 397 g/mol. The summed E-state index contributed by atoms with van der Waals surface area (Å²) >= 11 is 0. The molecule has 3 N–H and O–H groups in total. The van der Waals surface area contributed by atoms with Crippen molar-refractivity contribution in [3.63, 3.8) is 0 Å². The van der Waals surface area contributed by atoms with E-state index in [0.717, 1.165) is 37.3 Å². The van der Waals surface area contributed by atoms with Crippen molar-refractivity contribution in [2.24, 2.45) is 11.7 Å². The van der Waals surface area contributed by atoms with Gasteiger partial charge in [0, 0.05) is 44.0 Å². The smallest absolute Gasteiger partial charge is 0.223 e. The number of hydrogen-bond donors (Lipinski definition) is 2. The third-order valence-electron chi connectivity index (χ3n) is 4.46. The SMILES string of the molecule is Cl.Cl.NC(CNC(=O)C1CCN(c2cnccn2)CC1)c1ccccc1. The van der Waals surface area contributed by atoms with Crippen molar-refractivity contribution in [3.8, 4) is 0 Å². The third-order valence-corrected chi connectivity index (χ3v) is 4.46. The molecule has 1 fully saturated rings. The lowest BCUT2D eigenvalue weighted by Gasteiger charge is -2.32. The van der Waals surface area contributed by atoms with Crippen LogP contribution < -0.4 is 16.0 Å². The van der Waals surface area contributed by atoms with Crippen molar-refractivity contribution in [3.05, 3.63) is 54.5 Å². The first-order valence-corrected chi connectivity index (χ1v) is 8.33. The number of piperidine rings is 1. The molecule has 1 unspecified atom stereocenters. The number of carbonyl (C=O) groups excluding carboxylic acids is 1. The Morgan fingerprint density at radius 3 is 2.50 bits per heavy atom. The number of halogens is 2. The number of aromatic nitrogens is 2. The summed E-state index contributed by atoms with van der Waals surface area (Å²) in [6, 6.07) is 9.67. The van der Waals surface area contributed by atoms with Crippen LogP contribution in [-0.2, 0) is 4.79 Å². The van der Waals surface area contributed by atoms with Crippen LogP contribution in [0.4, 0.5) is 5.82 Å². The van der Waals surface area contributed by atoms with Crippen LogP contribution in [0.3, 0.4) is 0 Å². The van der Waals surface area contributed by atoms with Crippen LogP contribution in [0.25, 0.3) is 0 Å². The second-order valence-corrected chi connectivity index (χ2v) is 6.09. The molecule has 1 saturated heterocycles. The summed E-state index contributed by atoms with van der Waals surface area (Å²) in [6.45, 7) is 2.11. The summed E-state index contributed by atoms with van der Waals surface area (Å²) in [7, 11) is 0. The van der Waals surface area contributed by atoms with Crippen molar-refractivity contribution in [1.82, 2.24) is 15.3 Å². The van der Waals surface area contributed by atoms with Crippen LogP contribution >= 0.6 is 24.8 Å². The molecule has 142 valence electrons. The number of carbonyl (C=O) groups is 1. The van der Waals surface area contributed by atoms with Crippen molar-refractivity contribution >= 4 is 36.5 Å². The normalized spacial score (nSPS) is 15.3. The van der Waals surface area contributed by atoms with Gasteiger partial charge in [-0.3, -0.25) is 9.78 Å². The molecule has 0 aliphatic carbocycles. The lowest BCUT2D eigenvalue weighted by atomic mass is 9.95. The van der Waals surface area contributed by atoms with Crippen LogP contribution in [0.5, 0.6) is 0 Å². The second-order valence-electron chi connectivity index (χ2n) is 6.09. The second kappa shape index (κ2) is 11.0. The number of anilines is 1. The van der Waals surface area contributed by atoms with Gasteiger partial charge in [-0.1, -0.05) is 30.3 Å². The lowest BCUT2D eigenvalue weighted by Crippen LogP contribution is -2.42. The molecule has 0 saturated carbocycles. The van der Waals surface area contributed by atoms with Gasteiger partial charge in [-0.05, 0) is 18.4 Å². The quantitative estimate of drug-likeness (QED) is 0.808. The molecule has 1 aromatic carbocycles. The molecule has 1 aliphatic rings. The molecule has 26 heavy (non-hydrogen) atoms. The Morgan fingerprint density at radius 2 is 1.88 bits per heavy atom. The van der Waals surface area contributed by atoms with E-state index in [1.54, 1.807) is 18.6 Å². The Labute approximate surface area is 166 Å². The molecule has 1 amide bonds. The fourth-order valence-electron chi connectivity index (χ4n) is 3.00. The number of nitrogens with zero attached hydrogens (tertiary/aromatic N) is 3. The maximum Gasteiger partial charge on any atom is 0.223 e.